The SMILES string of the molecule is CC(C)C[C@@H](NC(=O)c1sccc1S(=O)(=O)N(C)C)C(=O)O. The van der Waals surface area contributed by atoms with Gasteiger partial charge in [0.05, 0.1) is 0 Å². The van der Waals surface area contributed by atoms with Gasteiger partial charge in [-0.2, -0.15) is 0 Å². The Kier molecular flexibility index (Phi) is 6.09. The summed E-state index contributed by atoms with van der Waals surface area (Å²) in [5.74, 6) is -1.76. The molecular weight excluding hydrogens is 328 g/mol. The predicted octanol–water partition coefficient (Wildman–Crippen LogP) is 1.23. The van der Waals surface area contributed by atoms with Gasteiger partial charge < -0.3 is 10.4 Å². The summed E-state index contributed by atoms with van der Waals surface area (Å²) < 4.78 is 25.3. The van der Waals surface area contributed by atoms with Crippen molar-refractivity contribution in [3.05, 3.63) is 16.3 Å². The highest BCUT2D eigenvalue weighted by Gasteiger charge is 2.28. The molecule has 0 aliphatic carbocycles. The average Bonchev–Trinajstić information content (AvgIpc) is 2.86. The van der Waals surface area contributed by atoms with Gasteiger partial charge in [0.2, 0.25) is 10.0 Å². The molecule has 1 rings (SSSR count). The number of aliphatic carboxylic acids is 1. The lowest BCUT2D eigenvalue weighted by Gasteiger charge is -2.17. The molecule has 2 N–H and O–H groups in total. The largest absolute Gasteiger partial charge is 0.480 e. The van der Waals surface area contributed by atoms with Crippen molar-refractivity contribution in [2.24, 2.45) is 5.92 Å². The molecule has 0 radical (unpaired) electrons. The molecule has 9 heteroatoms. The Hall–Kier alpha value is -1.45. The Morgan fingerprint density at radius 2 is 1.95 bits per heavy atom. The normalized spacial score (nSPS) is 13.4. The Morgan fingerprint density at radius 1 is 1.36 bits per heavy atom. The summed E-state index contributed by atoms with van der Waals surface area (Å²) >= 11 is 0.964. The molecule has 124 valence electrons. The highest BCUT2D eigenvalue weighted by atomic mass is 32.2. The maximum Gasteiger partial charge on any atom is 0.326 e. The van der Waals surface area contributed by atoms with Crippen LogP contribution in [0.3, 0.4) is 0 Å². The van der Waals surface area contributed by atoms with Crippen molar-refractivity contribution >= 4 is 33.2 Å². The minimum absolute atomic E-state index is 0.0105. The van der Waals surface area contributed by atoms with E-state index in [4.69, 9.17) is 5.11 Å². The number of nitrogens with zero attached hydrogens (tertiary/aromatic N) is 1. The first-order chi connectivity index (χ1) is 10.1. The summed E-state index contributed by atoms with van der Waals surface area (Å²) in [6.07, 6.45) is 0.266. The van der Waals surface area contributed by atoms with Crippen molar-refractivity contribution in [1.29, 1.82) is 0 Å². The van der Waals surface area contributed by atoms with Gasteiger partial charge in [0.25, 0.3) is 5.91 Å². The molecule has 1 aromatic rings. The van der Waals surface area contributed by atoms with Crippen LogP contribution in [-0.2, 0) is 14.8 Å². The molecule has 0 aliphatic rings. The first kappa shape index (κ1) is 18.6. The van der Waals surface area contributed by atoms with Crippen molar-refractivity contribution in [3.8, 4) is 0 Å². The molecule has 1 atom stereocenters. The second-order valence-electron chi connectivity index (χ2n) is 5.40. The number of carbonyl (C=O) groups is 2. The first-order valence-electron chi connectivity index (χ1n) is 6.61. The number of amides is 1. The molecule has 1 amide bonds. The van der Waals surface area contributed by atoms with E-state index in [1.807, 2.05) is 13.8 Å². The van der Waals surface area contributed by atoms with Crippen LogP contribution >= 0.6 is 11.3 Å². The molecule has 22 heavy (non-hydrogen) atoms. The van der Waals surface area contributed by atoms with E-state index in [-0.39, 0.29) is 22.1 Å². The molecule has 0 spiro atoms. The Labute approximate surface area is 134 Å². The van der Waals surface area contributed by atoms with Crippen LogP contribution in [0.5, 0.6) is 0 Å². The van der Waals surface area contributed by atoms with E-state index in [9.17, 15) is 18.0 Å². The Balaban J connectivity index is 3.05. The standard InChI is InChI=1S/C13H20N2O5S2/c1-8(2)7-9(13(17)18)14-12(16)11-10(5-6-21-11)22(19,20)15(3)4/h5-6,8-9H,7H2,1-4H3,(H,14,16)(H,17,18)/t9-/m1/s1. The van der Waals surface area contributed by atoms with Crippen molar-refractivity contribution in [2.75, 3.05) is 14.1 Å². The van der Waals surface area contributed by atoms with Gasteiger partial charge in [-0.15, -0.1) is 11.3 Å². The van der Waals surface area contributed by atoms with Crippen LogP contribution in [0.1, 0.15) is 29.9 Å². The zero-order valence-corrected chi connectivity index (χ0v) is 14.5. The number of rotatable bonds is 7. The number of hydrogen-bond acceptors (Lipinski definition) is 5. The van der Waals surface area contributed by atoms with E-state index < -0.39 is 27.9 Å². The summed E-state index contributed by atoms with van der Waals surface area (Å²) in [6.45, 7) is 3.68. The Morgan fingerprint density at radius 3 is 2.41 bits per heavy atom. The molecule has 0 saturated heterocycles. The fraction of sp³-hybridized carbons (Fsp3) is 0.538. The summed E-state index contributed by atoms with van der Waals surface area (Å²) in [6, 6.07) is 0.289. The monoisotopic (exact) mass is 348 g/mol. The molecule has 1 heterocycles. The maximum absolute atomic E-state index is 12.2. The average molecular weight is 348 g/mol. The fourth-order valence-electron chi connectivity index (χ4n) is 1.78. The number of carboxylic acids is 1. The quantitative estimate of drug-likeness (QED) is 0.771. The van der Waals surface area contributed by atoms with Crippen molar-refractivity contribution in [2.45, 2.75) is 31.2 Å². The summed E-state index contributed by atoms with van der Waals surface area (Å²) in [4.78, 5) is 23.3. The zero-order chi connectivity index (χ0) is 17.1. The lowest BCUT2D eigenvalue weighted by atomic mass is 10.0. The van der Waals surface area contributed by atoms with E-state index in [1.54, 1.807) is 0 Å². The van der Waals surface area contributed by atoms with Crippen molar-refractivity contribution in [1.82, 2.24) is 9.62 Å². The van der Waals surface area contributed by atoms with Gasteiger partial charge in [-0.3, -0.25) is 4.79 Å². The molecule has 1 aromatic heterocycles. The minimum Gasteiger partial charge on any atom is -0.480 e. The molecule has 0 aliphatic heterocycles. The molecule has 0 fully saturated rings. The molecule has 0 unspecified atom stereocenters. The molecular formula is C13H20N2O5S2. The second kappa shape index (κ2) is 7.21. The number of thiophene rings is 1. The van der Waals surface area contributed by atoms with Gasteiger partial charge in [0, 0.05) is 14.1 Å². The predicted molar refractivity (Wildman–Crippen MR) is 83.5 cm³/mol. The molecule has 0 saturated carbocycles. The van der Waals surface area contributed by atoms with Crippen molar-refractivity contribution < 1.29 is 23.1 Å². The topological polar surface area (TPSA) is 104 Å². The molecule has 0 aromatic carbocycles. The third-order valence-corrected chi connectivity index (χ3v) is 5.80. The smallest absolute Gasteiger partial charge is 0.326 e. The van der Waals surface area contributed by atoms with Gasteiger partial charge in [0.1, 0.15) is 15.8 Å². The van der Waals surface area contributed by atoms with E-state index in [0.29, 0.717) is 0 Å². The van der Waals surface area contributed by atoms with Crippen LogP contribution < -0.4 is 5.32 Å². The van der Waals surface area contributed by atoms with E-state index >= 15 is 0 Å². The van der Waals surface area contributed by atoms with Crippen LogP contribution in [0.4, 0.5) is 0 Å². The summed E-state index contributed by atoms with van der Waals surface area (Å²) in [7, 11) is -1.02. The van der Waals surface area contributed by atoms with Gasteiger partial charge in [-0.1, -0.05) is 13.8 Å². The maximum atomic E-state index is 12.2. The Bertz CT molecular complexity index is 649. The lowest BCUT2D eigenvalue weighted by molar-refractivity contribution is -0.139. The van der Waals surface area contributed by atoms with E-state index in [0.717, 1.165) is 15.6 Å². The third-order valence-electron chi connectivity index (χ3n) is 2.90. The lowest BCUT2D eigenvalue weighted by Crippen LogP contribution is -2.41. The fourth-order valence-corrected chi connectivity index (χ4v) is 3.98. The first-order valence-corrected chi connectivity index (χ1v) is 8.93. The van der Waals surface area contributed by atoms with Crippen LogP contribution in [0.2, 0.25) is 0 Å². The highest BCUT2D eigenvalue weighted by molar-refractivity contribution is 7.89. The molecule has 7 nitrogen and oxygen atoms in total. The van der Waals surface area contributed by atoms with Crippen LogP contribution in [-0.4, -0.2) is 49.8 Å². The van der Waals surface area contributed by atoms with Gasteiger partial charge in [0.15, 0.2) is 0 Å². The van der Waals surface area contributed by atoms with Crippen LogP contribution in [0, 0.1) is 5.92 Å². The zero-order valence-electron chi connectivity index (χ0n) is 12.9. The number of carbonyl (C=O) groups excluding carboxylic acids is 1. The van der Waals surface area contributed by atoms with Gasteiger partial charge in [-0.05, 0) is 23.8 Å². The van der Waals surface area contributed by atoms with Crippen molar-refractivity contribution in [3.63, 3.8) is 0 Å². The molecule has 0 bridgehead atoms. The number of sulfonamides is 1. The summed E-state index contributed by atoms with van der Waals surface area (Å²) in [5.41, 5.74) is 0. The summed E-state index contributed by atoms with van der Waals surface area (Å²) in [5, 5.41) is 13.0. The second-order valence-corrected chi connectivity index (χ2v) is 8.43. The number of hydrogen-bond donors (Lipinski definition) is 2. The number of carboxylic acid groups (broad SMARTS) is 1. The number of nitrogens with one attached hydrogen (secondary N) is 1. The third kappa shape index (κ3) is 4.28. The van der Waals surface area contributed by atoms with Crippen LogP contribution in [0.15, 0.2) is 16.3 Å². The minimum atomic E-state index is -3.75. The highest BCUT2D eigenvalue weighted by Crippen LogP contribution is 2.24. The van der Waals surface area contributed by atoms with E-state index in [1.165, 1.54) is 25.5 Å². The van der Waals surface area contributed by atoms with Crippen LogP contribution in [0.25, 0.3) is 0 Å². The van der Waals surface area contributed by atoms with Gasteiger partial charge >= 0.3 is 5.97 Å². The van der Waals surface area contributed by atoms with E-state index in [2.05, 4.69) is 5.32 Å². The van der Waals surface area contributed by atoms with Gasteiger partial charge in [-0.25, -0.2) is 17.5 Å².